The average molecular weight is 449 g/mol. The fraction of sp³-hybridized carbons (Fsp3) is 0.500. The Hall–Kier alpha value is -3.08. The zero-order chi connectivity index (χ0) is 22.8. The van der Waals surface area contributed by atoms with Crippen molar-refractivity contribution < 1.29 is 19.5 Å². The number of carboxylic acid groups (broad SMARTS) is 1. The molecule has 10 nitrogen and oxygen atoms in total. The van der Waals surface area contributed by atoms with Crippen LogP contribution >= 0.6 is 11.3 Å². The van der Waals surface area contributed by atoms with Gasteiger partial charge in [-0.15, -0.1) is 10.2 Å². The number of hydrogen-bond acceptors (Lipinski definition) is 8. The number of nitrogens with zero attached hydrogens (tertiary/aromatic N) is 4. The zero-order valence-electron chi connectivity index (χ0n) is 17.9. The van der Waals surface area contributed by atoms with Crippen molar-refractivity contribution in [2.24, 2.45) is 5.92 Å². The normalized spacial score (nSPS) is 15.3. The molecule has 3 N–H and O–H groups in total. The molecule has 1 unspecified atom stereocenters. The van der Waals surface area contributed by atoms with E-state index >= 15 is 0 Å². The van der Waals surface area contributed by atoms with Gasteiger partial charge in [0.15, 0.2) is 0 Å². The number of nitrogens with one attached hydrogen (secondary N) is 2. The highest BCUT2D eigenvalue weighted by atomic mass is 32.1. The molecule has 31 heavy (non-hydrogen) atoms. The molecule has 1 saturated heterocycles. The Balaban J connectivity index is 0.000000785. The van der Waals surface area contributed by atoms with Crippen molar-refractivity contribution in [3.05, 3.63) is 28.9 Å². The van der Waals surface area contributed by atoms with E-state index in [1.165, 1.54) is 11.3 Å². The van der Waals surface area contributed by atoms with E-state index in [1.54, 1.807) is 11.1 Å². The van der Waals surface area contributed by atoms with Crippen molar-refractivity contribution in [3.63, 3.8) is 0 Å². The molecular formula is C20H28N6O4S. The third-order valence-corrected chi connectivity index (χ3v) is 5.38. The van der Waals surface area contributed by atoms with Gasteiger partial charge in [0.05, 0.1) is 5.92 Å². The first-order chi connectivity index (χ1) is 14.8. The summed E-state index contributed by atoms with van der Waals surface area (Å²) in [6.07, 6.45) is 3.78. The third-order valence-electron chi connectivity index (χ3n) is 4.37. The van der Waals surface area contributed by atoms with E-state index in [0.717, 1.165) is 36.2 Å². The number of aliphatic carboxylic acids is 1. The number of amides is 2. The number of hydrogen-bond donors (Lipinski definition) is 3. The Bertz CT molecular complexity index is 899. The van der Waals surface area contributed by atoms with E-state index in [4.69, 9.17) is 9.90 Å². The first kappa shape index (κ1) is 24.2. The SMILES string of the molecule is CC(=O)O.CCCc1nnc(N2CC(C(=O)NCCNc3ncccc3C)CC2=O)s1. The lowest BCUT2D eigenvalue weighted by Gasteiger charge is -2.13. The summed E-state index contributed by atoms with van der Waals surface area (Å²) in [6, 6.07) is 3.86. The highest BCUT2D eigenvalue weighted by Gasteiger charge is 2.36. The monoisotopic (exact) mass is 448 g/mol. The molecule has 0 spiro atoms. The van der Waals surface area contributed by atoms with Crippen LogP contribution in [0.1, 0.15) is 37.3 Å². The van der Waals surface area contributed by atoms with Crippen LogP contribution in [0.15, 0.2) is 18.3 Å². The van der Waals surface area contributed by atoms with Crippen molar-refractivity contribution in [2.75, 3.05) is 29.9 Å². The lowest BCUT2D eigenvalue weighted by Crippen LogP contribution is -2.35. The molecule has 3 heterocycles. The maximum atomic E-state index is 12.4. The Morgan fingerprint density at radius 1 is 1.32 bits per heavy atom. The lowest BCUT2D eigenvalue weighted by atomic mass is 10.1. The van der Waals surface area contributed by atoms with Crippen LogP contribution in [0.2, 0.25) is 0 Å². The van der Waals surface area contributed by atoms with Gasteiger partial charge in [0, 0.05) is 45.6 Å². The van der Waals surface area contributed by atoms with Crippen LogP contribution in [0.5, 0.6) is 0 Å². The van der Waals surface area contributed by atoms with Crippen molar-refractivity contribution in [2.45, 2.75) is 40.0 Å². The molecule has 2 aromatic heterocycles. The predicted molar refractivity (Wildman–Crippen MR) is 118 cm³/mol. The maximum Gasteiger partial charge on any atom is 0.300 e. The van der Waals surface area contributed by atoms with Gasteiger partial charge in [-0.3, -0.25) is 19.3 Å². The zero-order valence-corrected chi connectivity index (χ0v) is 18.7. The molecule has 0 bridgehead atoms. The summed E-state index contributed by atoms with van der Waals surface area (Å²) in [7, 11) is 0. The molecule has 1 atom stereocenters. The maximum absolute atomic E-state index is 12.4. The van der Waals surface area contributed by atoms with E-state index in [0.29, 0.717) is 24.8 Å². The van der Waals surface area contributed by atoms with Gasteiger partial charge in [0.2, 0.25) is 16.9 Å². The average Bonchev–Trinajstić information content (AvgIpc) is 3.32. The lowest BCUT2D eigenvalue weighted by molar-refractivity contribution is -0.134. The third kappa shape index (κ3) is 7.59. The molecule has 168 valence electrons. The molecule has 2 amide bonds. The summed E-state index contributed by atoms with van der Waals surface area (Å²) in [6.45, 7) is 6.54. The van der Waals surface area contributed by atoms with Crippen molar-refractivity contribution in [1.82, 2.24) is 20.5 Å². The predicted octanol–water partition coefficient (Wildman–Crippen LogP) is 1.87. The second-order valence-electron chi connectivity index (χ2n) is 7.04. The summed E-state index contributed by atoms with van der Waals surface area (Å²) in [4.78, 5) is 39.5. The van der Waals surface area contributed by atoms with Crippen molar-refractivity contribution in [3.8, 4) is 0 Å². The van der Waals surface area contributed by atoms with Crippen LogP contribution in [0, 0.1) is 12.8 Å². The smallest absolute Gasteiger partial charge is 0.300 e. The number of aromatic nitrogens is 3. The van der Waals surface area contributed by atoms with Crippen LogP contribution in [0.4, 0.5) is 10.9 Å². The van der Waals surface area contributed by atoms with E-state index in [9.17, 15) is 9.59 Å². The van der Waals surface area contributed by atoms with E-state index in [1.807, 2.05) is 19.1 Å². The Morgan fingerprint density at radius 3 is 2.74 bits per heavy atom. The summed E-state index contributed by atoms with van der Waals surface area (Å²) in [5.41, 5.74) is 1.06. The first-order valence-corrected chi connectivity index (χ1v) is 10.9. The molecule has 0 aromatic carbocycles. The molecule has 0 aliphatic carbocycles. The van der Waals surface area contributed by atoms with Gasteiger partial charge in [-0.1, -0.05) is 24.3 Å². The highest BCUT2D eigenvalue weighted by Crippen LogP contribution is 2.28. The minimum Gasteiger partial charge on any atom is -0.481 e. The minimum atomic E-state index is -0.833. The molecule has 3 rings (SSSR count). The van der Waals surface area contributed by atoms with Gasteiger partial charge >= 0.3 is 0 Å². The molecule has 0 radical (unpaired) electrons. The second-order valence-corrected chi connectivity index (χ2v) is 8.08. The van der Waals surface area contributed by atoms with Crippen LogP contribution in [0.25, 0.3) is 0 Å². The first-order valence-electron chi connectivity index (χ1n) is 10.1. The van der Waals surface area contributed by atoms with Crippen LogP contribution in [-0.2, 0) is 20.8 Å². The van der Waals surface area contributed by atoms with Crippen molar-refractivity contribution in [1.29, 1.82) is 0 Å². The van der Waals surface area contributed by atoms with Gasteiger partial charge in [0.25, 0.3) is 5.97 Å². The van der Waals surface area contributed by atoms with Crippen LogP contribution < -0.4 is 15.5 Å². The summed E-state index contributed by atoms with van der Waals surface area (Å²) < 4.78 is 0. The number of anilines is 2. The molecule has 2 aromatic rings. The fourth-order valence-electron chi connectivity index (χ4n) is 2.92. The topological polar surface area (TPSA) is 137 Å². The highest BCUT2D eigenvalue weighted by molar-refractivity contribution is 7.15. The van der Waals surface area contributed by atoms with Gasteiger partial charge in [-0.25, -0.2) is 4.98 Å². The van der Waals surface area contributed by atoms with E-state index in [-0.39, 0.29) is 24.2 Å². The number of aryl methyl sites for hydroxylation is 2. The number of carboxylic acids is 1. The summed E-state index contributed by atoms with van der Waals surface area (Å²) in [5, 5.41) is 23.2. The van der Waals surface area contributed by atoms with Gasteiger partial charge in [-0.2, -0.15) is 0 Å². The van der Waals surface area contributed by atoms with Gasteiger partial charge in [0.1, 0.15) is 10.8 Å². The number of pyridine rings is 1. The Kier molecular flexibility index (Phi) is 9.32. The largest absolute Gasteiger partial charge is 0.481 e. The van der Waals surface area contributed by atoms with E-state index in [2.05, 4.69) is 32.7 Å². The molecule has 11 heteroatoms. The molecular weight excluding hydrogens is 420 g/mol. The Labute approximate surface area is 185 Å². The minimum absolute atomic E-state index is 0.0726. The quantitative estimate of drug-likeness (QED) is 0.521. The summed E-state index contributed by atoms with van der Waals surface area (Å²) >= 11 is 1.43. The molecule has 0 saturated carbocycles. The fourth-order valence-corrected chi connectivity index (χ4v) is 3.89. The standard InChI is InChI=1S/C18H24N6O2S.C2H4O2/c1-3-5-14-22-23-18(27-14)24-11-13(10-15(24)25)17(26)21-9-8-20-16-12(2)6-4-7-19-16;1-2(3)4/h4,6-7,13H,3,5,8-11H2,1-2H3,(H,19,20)(H,21,26);1H3,(H,3,4). The summed E-state index contributed by atoms with van der Waals surface area (Å²) in [5.74, 6) is -0.555. The number of carbonyl (C=O) groups excluding carboxylic acids is 2. The second kappa shape index (κ2) is 11.9. The van der Waals surface area contributed by atoms with E-state index < -0.39 is 5.97 Å². The number of carbonyl (C=O) groups is 3. The molecule has 1 aliphatic rings. The van der Waals surface area contributed by atoms with Crippen LogP contribution in [-0.4, -0.2) is 57.7 Å². The van der Waals surface area contributed by atoms with Gasteiger partial charge < -0.3 is 15.7 Å². The number of rotatable bonds is 8. The molecule has 1 fully saturated rings. The van der Waals surface area contributed by atoms with Crippen LogP contribution in [0.3, 0.4) is 0 Å². The van der Waals surface area contributed by atoms with Crippen molar-refractivity contribution >= 4 is 40.1 Å². The Morgan fingerprint density at radius 2 is 2.06 bits per heavy atom. The molecule has 1 aliphatic heterocycles. The van der Waals surface area contributed by atoms with Gasteiger partial charge in [-0.05, 0) is 25.0 Å².